The zero-order valence-electron chi connectivity index (χ0n) is 16.9. The van der Waals surface area contributed by atoms with E-state index in [0.717, 1.165) is 29.6 Å². The van der Waals surface area contributed by atoms with Crippen molar-refractivity contribution in [1.82, 2.24) is 9.97 Å². The summed E-state index contributed by atoms with van der Waals surface area (Å²) in [5.74, 6) is -1.23. The summed E-state index contributed by atoms with van der Waals surface area (Å²) in [7, 11) is 0. The highest BCUT2D eigenvalue weighted by Gasteiger charge is 2.27. The van der Waals surface area contributed by atoms with Crippen molar-refractivity contribution in [3.05, 3.63) is 119 Å². The monoisotopic (exact) mass is 400 g/mol. The van der Waals surface area contributed by atoms with Gasteiger partial charge in [0.25, 0.3) is 0 Å². The first-order chi connectivity index (χ1) is 14.4. The summed E-state index contributed by atoms with van der Waals surface area (Å²) in [4.78, 5) is 9.58. The van der Waals surface area contributed by atoms with Crippen molar-refractivity contribution in [2.45, 2.75) is 25.7 Å². The molecular formula is C26H22F2N2. The van der Waals surface area contributed by atoms with E-state index in [1.807, 2.05) is 48.5 Å². The molecule has 2 heterocycles. The molecule has 0 aliphatic heterocycles. The maximum Gasteiger partial charge on any atom is 0.135 e. The summed E-state index contributed by atoms with van der Waals surface area (Å²) in [5.41, 5.74) is 4.10. The molecule has 0 aliphatic rings. The van der Waals surface area contributed by atoms with Crippen LogP contribution in [-0.2, 0) is 11.8 Å². The molecule has 4 aromatic rings. The number of hydrogen-bond acceptors (Lipinski definition) is 2. The molecule has 0 radical (unpaired) electrons. The second-order valence-corrected chi connectivity index (χ2v) is 7.83. The molecule has 0 unspecified atom stereocenters. The van der Waals surface area contributed by atoms with Crippen LogP contribution < -0.4 is 0 Å². The van der Waals surface area contributed by atoms with Gasteiger partial charge in [0.1, 0.15) is 11.6 Å². The van der Waals surface area contributed by atoms with Gasteiger partial charge >= 0.3 is 0 Å². The van der Waals surface area contributed by atoms with Gasteiger partial charge in [0.2, 0.25) is 0 Å². The highest BCUT2D eigenvalue weighted by atomic mass is 19.1. The number of halogens is 2. The van der Waals surface area contributed by atoms with Crippen molar-refractivity contribution in [2.24, 2.45) is 0 Å². The molecule has 0 saturated carbocycles. The van der Waals surface area contributed by atoms with Gasteiger partial charge in [-0.1, -0.05) is 42.5 Å². The number of nitrogens with zero attached hydrogens (tertiary/aromatic N) is 2. The lowest BCUT2D eigenvalue weighted by atomic mass is 9.84. The van der Waals surface area contributed by atoms with Gasteiger partial charge in [-0.05, 0) is 55.8 Å². The molecule has 4 rings (SSSR count). The predicted octanol–water partition coefficient (Wildman–Crippen LogP) is 6.34. The van der Waals surface area contributed by atoms with Crippen molar-refractivity contribution >= 4 is 0 Å². The minimum atomic E-state index is -0.625. The van der Waals surface area contributed by atoms with E-state index in [1.54, 1.807) is 6.07 Å². The number of benzene rings is 2. The molecule has 0 atom stereocenters. The Hall–Kier alpha value is -3.40. The van der Waals surface area contributed by atoms with Gasteiger partial charge in [0.05, 0.1) is 17.1 Å². The zero-order chi connectivity index (χ0) is 21.1. The van der Waals surface area contributed by atoms with Crippen LogP contribution in [0.5, 0.6) is 0 Å². The minimum absolute atomic E-state index is 0.278. The summed E-state index contributed by atoms with van der Waals surface area (Å²) in [5, 5.41) is 0. The molecular weight excluding hydrogens is 378 g/mol. The Morgan fingerprint density at radius 3 is 2.17 bits per heavy atom. The fourth-order valence-electron chi connectivity index (χ4n) is 3.49. The molecule has 150 valence electrons. The van der Waals surface area contributed by atoms with Crippen LogP contribution in [0.2, 0.25) is 0 Å². The van der Waals surface area contributed by atoms with E-state index >= 15 is 0 Å². The van der Waals surface area contributed by atoms with Crippen LogP contribution >= 0.6 is 0 Å². The third-order valence-corrected chi connectivity index (χ3v) is 5.27. The quantitative estimate of drug-likeness (QED) is 0.391. The van der Waals surface area contributed by atoms with E-state index in [9.17, 15) is 8.78 Å². The zero-order valence-corrected chi connectivity index (χ0v) is 16.9. The van der Waals surface area contributed by atoms with Crippen LogP contribution in [0.1, 0.15) is 36.5 Å². The summed E-state index contributed by atoms with van der Waals surface area (Å²) in [6.45, 7) is 4.10. The Morgan fingerprint density at radius 2 is 1.43 bits per heavy atom. The Kier molecular flexibility index (Phi) is 5.40. The molecule has 0 aliphatic carbocycles. The van der Waals surface area contributed by atoms with Crippen molar-refractivity contribution < 1.29 is 8.78 Å². The molecule has 30 heavy (non-hydrogen) atoms. The Balaban J connectivity index is 1.68. The molecule has 0 N–H and O–H groups in total. The average molecular weight is 400 g/mol. The van der Waals surface area contributed by atoms with Gasteiger partial charge in [-0.15, -0.1) is 0 Å². The molecule has 0 fully saturated rings. The van der Waals surface area contributed by atoms with Crippen molar-refractivity contribution in [2.75, 3.05) is 0 Å². The van der Waals surface area contributed by atoms with E-state index < -0.39 is 17.0 Å². The number of aromatic nitrogens is 2. The van der Waals surface area contributed by atoms with Crippen molar-refractivity contribution in [3.63, 3.8) is 0 Å². The summed E-state index contributed by atoms with van der Waals surface area (Å²) in [6, 6.07) is 25.3. The number of hydrogen-bond donors (Lipinski definition) is 0. The third-order valence-electron chi connectivity index (χ3n) is 5.27. The first kappa shape index (κ1) is 19.9. The van der Waals surface area contributed by atoms with E-state index in [2.05, 4.69) is 26.0 Å². The lowest BCUT2D eigenvalue weighted by molar-refractivity contribution is 0.582. The van der Waals surface area contributed by atoms with Gasteiger partial charge in [-0.3, -0.25) is 9.97 Å². The Morgan fingerprint density at radius 1 is 0.733 bits per heavy atom. The summed E-state index contributed by atoms with van der Waals surface area (Å²) in [6.07, 6.45) is 0.749. The molecule has 2 aromatic carbocycles. The van der Waals surface area contributed by atoms with Gasteiger partial charge in [0, 0.05) is 29.2 Å². The van der Waals surface area contributed by atoms with E-state index in [4.69, 9.17) is 9.97 Å². The fourth-order valence-corrected chi connectivity index (χ4v) is 3.49. The second kappa shape index (κ2) is 8.15. The maximum atomic E-state index is 14.3. The maximum absolute atomic E-state index is 14.3. The van der Waals surface area contributed by atoms with E-state index in [0.29, 0.717) is 5.69 Å². The Bertz CT molecular complexity index is 1170. The van der Waals surface area contributed by atoms with Crippen molar-refractivity contribution in [3.8, 4) is 11.3 Å². The number of pyridine rings is 2. The minimum Gasteiger partial charge on any atom is -0.257 e. The van der Waals surface area contributed by atoms with Gasteiger partial charge in [0.15, 0.2) is 0 Å². The van der Waals surface area contributed by atoms with Gasteiger partial charge in [-0.2, -0.15) is 0 Å². The van der Waals surface area contributed by atoms with Crippen LogP contribution in [0.15, 0.2) is 84.9 Å². The SMILES string of the molecule is CC(C)(c1cccc(Cc2ccccc2)n1)c1cccc(-c2ccc(F)cc2F)n1. The Labute approximate surface area is 175 Å². The van der Waals surface area contributed by atoms with Gasteiger partial charge in [-0.25, -0.2) is 8.78 Å². The van der Waals surface area contributed by atoms with Crippen LogP contribution in [0.3, 0.4) is 0 Å². The predicted molar refractivity (Wildman–Crippen MR) is 115 cm³/mol. The highest BCUT2D eigenvalue weighted by Crippen LogP contribution is 2.31. The molecule has 0 spiro atoms. The largest absolute Gasteiger partial charge is 0.257 e. The smallest absolute Gasteiger partial charge is 0.135 e. The van der Waals surface area contributed by atoms with Crippen LogP contribution in [0, 0.1) is 11.6 Å². The normalized spacial score (nSPS) is 11.5. The topological polar surface area (TPSA) is 25.8 Å². The molecule has 2 aromatic heterocycles. The first-order valence-electron chi connectivity index (χ1n) is 9.87. The third kappa shape index (κ3) is 4.13. The number of rotatable bonds is 5. The lowest BCUT2D eigenvalue weighted by Gasteiger charge is -2.25. The van der Waals surface area contributed by atoms with E-state index in [-0.39, 0.29) is 5.56 Å². The molecule has 0 amide bonds. The average Bonchev–Trinajstić information content (AvgIpc) is 2.75. The van der Waals surface area contributed by atoms with E-state index in [1.165, 1.54) is 17.7 Å². The standard InChI is InChI=1S/C26H22F2N2/c1-26(2,24-12-6-10-20(29-24)16-18-8-4-3-5-9-18)25-13-7-11-23(30-25)21-15-14-19(27)17-22(21)28/h3-15,17H,16H2,1-2H3. The summed E-state index contributed by atoms with van der Waals surface area (Å²) >= 11 is 0. The second-order valence-electron chi connectivity index (χ2n) is 7.83. The van der Waals surface area contributed by atoms with Gasteiger partial charge < -0.3 is 0 Å². The molecule has 0 saturated heterocycles. The highest BCUT2D eigenvalue weighted by molar-refractivity contribution is 5.60. The summed E-state index contributed by atoms with van der Waals surface area (Å²) < 4.78 is 27.5. The lowest BCUT2D eigenvalue weighted by Crippen LogP contribution is -2.23. The molecule has 4 heteroatoms. The van der Waals surface area contributed by atoms with Crippen molar-refractivity contribution in [1.29, 1.82) is 0 Å². The first-order valence-corrected chi connectivity index (χ1v) is 9.87. The fraction of sp³-hybridized carbons (Fsp3) is 0.154. The van der Waals surface area contributed by atoms with Crippen LogP contribution in [0.25, 0.3) is 11.3 Å². The molecule has 2 nitrogen and oxygen atoms in total. The van der Waals surface area contributed by atoms with Crippen LogP contribution in [-0.4, -0.2) is 9.97 Å². The van der Waals surface area contributed by atoms with Crippen LogP contribution in [0.4, 0.5) is 8.78 Å². The molecule has 0 bridgehead atoms.